The van der Waals surface area contributed by atoms with Crippen LogP contribution in [0.4, 0.5) is 0 Å². The van der Waals surface area contributed by atoms with Gasteiger partial charge in [0.05, 0.1) is 4.34 Å². The molecular formula is C12H14ClN3O3S2. The lowest BCUT2D eigenvalue weighted by molar-refractivity contribution is 0.306. The van der Waals surface area contributed by atoms with E-state index in [-0.39, 0.29) is 5.92 Å². The number of rotatable bonds is 3. The number of aromatic nitrogens is 2. The molecule has 0 aliphatic carbocycles. The molecule has 0 spiro atoms. The summed E-state index contributed by atoms with van der Waals surface area (Å²) in [6.07, 6.45) is 1.38. The van der Waals surface area contributed by atoms with Gasteiger partial charge in [-0.2, -0.15) is 9.29 Å². The maximum atomic E-state index is 12.5. The molecule has 0 radical (unpaired) electrons. The SMILES string of the molecule is Cc1nc(C2CCN(S(=O)(=O)c3ccc(Cl)s3)CC2)no1. The van der Waals surface area contributed by atoms with Gasteiger partial charge in [-0.1, -0.05) is 16.8 Å². The smallest absolute Gasteiger partial charge is 0.252 e. The Hall–Kier alpha value is -0.960. The molecule has 114 valence electrons. The van der Waals surface area contributed by atoms with Crippen LogP contribution < -0.4 is 0 Å². The molecule has 3 heterocycles. The van der Waals surface area contributed by atoms with Crippen LogP contribution >= 0.6 is 22.9 Å². The van der Waals surface area contributed by atoms with E-state index in [9.17, 15) is 8.42 Å². The highest BCUT2D eigenvalue weighted by atomic mass is 35.5. The average molecular weight is 348 g/mol. The highest BCUT2D eigenvalue weighted by Gasteiger charge is 2.32. The Morgan fingerprint density at radius 2 is 2.10 bits per heavy atom. The third kappa shape index (κ3) is 2.98. The molecule has 1 saturated heterocycles. The van der Waals surface area contributed by atoms with Crippen LogP contribution in [0.5, 0.6) is 0 Å². The molecule has 2 aromatic heterocycles. The Bertz CT molecular complexity index is 733. The van der Waals surface area contributed by atoms with E-state index in [4.69, 9.17) is 16.1 Å². The Labute approximate surface area is 131 Å². The summed E-state index contributed by atoms with van der Waals surface area (Å²) in [6, 6.07) is 3.16. The quantitative estimate of drug-likeness (QED) is 0.853. The van der Waals surface area contributed by atoms with E-state index in [0.717, 1.165) is 11.3 Å². The Morgan fingerprint density at radius 1 is 1.38 bits per heavy atom. The number of sulfonamides is 1. The van der Waals surface area contributed by atoms with Gasteiger partial charge < -0.3 is 4.52 Å². The normalized spacial score (nSPS) is 18.2. The summed E-state index contributed by atoms with van der Waals surface area (Å²) < 4.78 is 32.2. The second-order valence-electron chi connectivity index (χ2n) is 4.91. The van der Waals surface area contributed by atoms with Gasteiger partial charge in [0.2, 0.25) is 5.89 Å². The molecule has 0 aromatic carbocycles. The first-order chi connectivity index (χ1) is 9.96. The van der Waals surface area contributed by atoms with E-state index in [1.807, 2.05) is 0 Å². The Kier molecular flexibility index (Phi) is 4.04. The van der Waals surface area contributed by atoms with Crippen LogP contribution in [-0.4, -0.2) is 36.0 Å². The van der Waals surface area contributed by atoms with Crippen molar-refractivity contribution >= 4 is 33.0 Å². The van der Waals surface area contributed by atoms with Crippen LogP contribution in [0.1, 0.15) is 30.5 Å². The molecule has 0 saturated carbocycles. The summed E-state index contributed by atoms with van der Waals surface area (Å²) in [4.78, 5) is 4.22. The van der Waals surface area contributed by atoms with Crippen molar-refractivity contribution in [3.8, 4) is 0 Å². The standard InChI is InChI=1S/C12H14ClN3O3S2/c1-8-14-12(15-19-8)9-4-6-16(7-5-9)21(17,18)11-3-2-10(13)20-11/h2-3,9H,4-7H2,1H3. The van der Waals surface area contributed by atoms with Gasteiger partial charge >= 0.3 is 0 Å². The fourth-order valence-electron chi connectivity index (χ4n) is 2.40. The van der Waals surface area contributed by atoms with E-state index >= 15 is 0 Å². The maximum absolute atomic E-state index is 12.5. The van der Waals surface area contributed by atoms with Gasteiger partial charge in [-0.25, -0.2) is 8.42 Å². The largest absolute Gasteiger partial charge is 0.340 e. The van der Waals surface area contributed by atoms with Crippen LogP contribution in [0.2, 0.25) is 4.34 Å². The highest BCUT2D eigenvalue weighted by Crippen LogP contribution is 2.32. The van der Waals surface area contributed by atoms with Crippen LogP contribution in [-0.2, 0) is 10.0 Å². The van der Waals surface area contributed by atoms with Gasteiger partial charge in [0.15, 0.2) is 5.82 Å². The van der Waals surface area contributed by atoms with E-state index in [1.54, 1.807) is 19.1 Å². The summed E-state index contributed by atoms with van der Waals surface area (Å²) in [7, 11) is -3.44. The average Bonchev–Trinajstić information content (AvgIpc) is 3.08. The second-order valence-corrected chi connectivity index (χ2v) is 8.79. The molecule has 0 bridgehead atoms. The number of piperidine rings is 1. The fraction of sp³-hybridized carbons (Fsp3) is 0.500. The minimum Gasteiger partial charge on any atom is -0.340 e. The molecule has 1 fully saturated rings. The summed E-state index contributed by atoms with van der Waals surface area (Å²) in [6.45, 7) is 2.66. The lowest BCUT2D eigenvalue weighted by atomic mass is 9.98. The van der Waals surface area contributed by atoms with Crippen molar-refractivity contribution in [2.75, 3.05) is 13.1 Å². The monoisotopic (exact) mass is 347 g/mol. The van der Waals surface area contributed by atoms with Crippen LogP contribution in [0.3, 0.4) is 0 Å². The maximum Gasteiger partial charge on any atom is 0.252 e. The van der Waals surface area contributed by atoms with Gasteiger partial charge in [-0.3, -0.25) is 0 Å². The number of aryl methyl sites for hydroxylation is 1. The number of halogens is 1. The van der Waals surface area contributed by atoms with Crippen molar-refractivity contribution in [3.05, 3.63) is 28.2 Å². The van der Waals surface area contributed by atoms with Gasteiger partial charge in [0.25, 0.3) is 10.0 Å². The molecule has 1 aliphatic heterocycles. The Morgan fingerprint density at radius 3 is 2.62 bits per heavy atom. The summed E-state index contributed by atoms with van der Waals surface area (Å²) in [5, 5.41) is 3.92. The zero-order valence-corrected chi connectivity index (χ0v) is 13.7. The lowest BCUT2D eigenvalue weighted by Crippen LogP contribution is -2.37. The number of thiophene rings is 1. The first kappa shape index (κ1) is 15.0. The number of hydrogen-bond donors (Lipinski definition) is 0. The van der Waals surface area contributed by atoms with E-state index in [2.05, 4.69) is 10.1 Å². The van der Waals surface area contributed by atoms with Crippen molar-refractivity contribution < 1.29 is 12.9 Å². The van der Waals surface area contributed by atoms with Crippen molar-refractivity contribution in [2.45, 2.75) is 29.9 Å². The summed E-state index contributed by atoms with van der Waals surface area (Å²) >= 11 is 6.90. The number of nitrogens with zero attached hydrogens (tertiary/aromatic N) is 3. The zero-order valence-electron chi connectivity index (χ0n) is 11.3. The van der Waals surface area contributed by atoms with Gasteiger partial charge in [-0.15, -0.1) is 11.3 Å². The molecule has 3 rings (SSSR count). The van der Waals surface area contributed by atoms with Crippen LogP contribution in [0.15, 0.2) is 20.9 Å². The molecule has 1 aliphatic rings. The topological polar surface area (TPSA) is 76.3 Å². The predicted octanol–water partition coefficient (Wildman–Crippen LogP) is 2.66. The van der Waals surface area contributed by atoms with Crippen molar-refractivity contribution in [3.63, 3.8) is 0 Å². The van der Waals surface area contributed by atoms with E-state index in [0.29, 0.717) is 46.2 Å². The van der Waals surface area contributed by atoms with E-state index in [1.165, 1.54) is 4.31 Å². The predicted molar refractivity (Wildman–Crippen MR) is 79.1 cm³/mol. The molecule has 9 heteroatoms. The zero-order chi connectivity index (χ0) is 15.0. The third-order valence-corrected chi connectivity index (χ3v) is 7.10. The molecule has 0 atom stereocenters. The second kappa shape index (κ2) is 5.68. The van der Waals surface area contributed by atoms with Crippen LogP contribution in [0.25, 0.3) is 0 Å². The molecule has 0 unspecified atom stereocenters. The molecule has 6 nitrogen and oxygen atoms in total. The van der Waals surface area contributed by atoms with Crippen LogP contribution in [0, 0.1) is 6.92 Å². The van der Waals surface area contributed by atoms with Crippen molar-refractivity contribution in [2.24, 2.45) is 0 Å². The first-order valence-electron chi connectivity index (χ1n) is 6.52. The third-order valence-electron chi connectivity index (χ3n) is 3.51. The molecule has 2 aromatic rings. The summed E-state index contributed by atoms with van der Waals surface area (Å²) in [5.74, 6) is 1.36. The number of hydrogen-bond acceptors (Lipinski definition) is 6. The highest BCUT2D eigenvalue weighted by molar-refractivity contribution is 7.91. The van der Waals surface area contributed by atoms with Crippen molar-refractivity contribution in [1.29, 1.82) is 0 Å². The minimum absolute atomic E-state index is 0.154. The van der Waals surface area contributed by atoms with Crippen molar-refractivity contribution in [1.82, 2.24) is 14.4 Å². The lowest BCUT2D eigenvalue weighted by Gasteiger charge is -2.29. The first-order valence-corrected chi connectivity index (χ1v) is 9.16. The minimum atomic E-state index is -3.44. The molecule has 0 N–H and O–H groups in total. The molecule has 0 amide bonds. The van der Waals surface area contributed by atoms with Gasteiger partial charge in [-0.05, 0) is 25.0 Å². The molecular weight excluding hydrogens is 334 g/mol. The van der Waals surface area contributed by atoms with Gasteiger partial charge in [0.1, 0.15) is 4.21 Å². The fourth-order valence-corrected chi connectivity index (χ4v) is 5.51. The van der Waals surface area contributed by atoms with Gasteiger partial charge in [0, 0.05) is 25.9 Å². The summed E-state index contributed by atoms with van der Waals surface area (Å²) in [5.41, 5.74) is 0. The Balaban J connectivity index is 1.71. The van der Waals surface area contributed by atoms with E-state index < -0.39 is 10.0 Å². The molecule has 21 heavy (non-hydrogen) atoms.